The fraction of sp³-hybridized carbons (Fsp3) is 0.409. The highest BCUT2D eigenvalue weighted by molar-refractivity contribution is 7.88. The van der Waals surface area contributed by atoms with Gasteiger partial charge in [-0.1, -0.05) is 37.3 Å². The molecule has 7 heteroatoms. The molecule has 0 fully saturated rings. The average Bonchev–Trinajstić information content (AvgIpc) is 2.67. The summed E-state index contributed by atoms with van der Waals surface area (Å²) >= 11 is 0. The quantitative estimate of drug-likeness (QED) is 0.678. The Hall–Kier alpha value is -2.38. The van der Waals surface area contributed by atoms with Gasteiger partial charge >= 0.3 is 0 Å². The molecule has 1 atom stereocenters. The second-order valence-electron chi connectivity index (χ2n) is 7.32. The van der Waals surface area contributed by atoms with Crippen molar-refractivity contribution in [3.8, 4) is 5.75 Å². The summed E-state index contributed by atoms with van der Waals surface area (Å²) in [6, 6.07) is 13.2. The first-order chi connectivity index (χ1) is 13.6. The Morgan fingerprint density at radius 1 is 1.10 bits per heavy atom. The fourth-order valence-corrected chi connectivity index (χ4v) is 3.24. The van der Waals surface area contributed by atoms with Crippen LogP contribution < -0.4 is 10.1 Å². The van der Waals surface area contributed by atoms with Crippen LogP contribution in [0.15, 0.2) is 42.5 Å². The van der Waals surface area contributed by atoms with Crippen molar-refractivity contribution in [2.24, 2.45) is 0 Å². The van der Waals surface area contributed by atoms with Crippen LogP contribution in [0.1, 0.15) is 41.6 Å². The van der Waals surface area contributed by atoms with Gasteiger partial charge in [0.25, 0.3) is 5.91 Å². The number of aryl methyl sites for hydroxylation is 2. The van der Waals surface area contributed by atoms with Gasteiger partial charge in [0.15, 0.2) is 6.61 Å². The SMILES string of the molecule is CC[C@H](NC(=O)COc1ccc(CN(C)S(C)(=O)=O)cc1)c1ccc(C)c(C)c1. The van der Waals surface area contributed by atoms with Crippen LogP contribution >= 0.6 is 0 Å². The maximum atomic E-state index is 12.3. The number of carbonyl (C=O) groups is 1. The standard InChI is InChI=1S/C22H30N2O4S/c1-6-21(19-10-7-16(2)17(3)13-19)23-22(25)15-28-20-11-8-18(9-12-20)14-24(4)29(5,26)27/h7-13,21H,6,14-15H2,1-5H3,(H,23,25)/t21-/m0/s1. The van der Waals surface area contributed by atoms with Gasteiger partial charge < -0.3 is 10.1 Å². The molecule has 158 valence electrons. The van der Waals surface area contributed by atoms with Crippen LogP contribution in [0, 0.1) is 13.8 Å². The first-order valence-corrected chi connectivity index (χ1v) is 11.4. The van der Waals surface area contributed by atoms with Crippen molar-refractivity contribution in [3.05, 3.63) is 64.7 Å². The van der Waals surface area contributed by atoms with E-state index in [1.165, 1.54) is 28.7 Å². The molecule has 0 aliphatic carbocycles. The number of hydrogen-bond acceptors (Lipinski definition) is 4. The van der Waals surface area contributed by atoms with Gasteiger partial charge in [0.1, 0.15) is 5.75 Å². The molecule has 0 aliphatic heterocycles. The van der Waals surface area contributed by atoms with Crippen molar-refractivity contribution in [3.63, 3.8) is 0 Å². The molecule has 0 heterocycles. The van der Waals surface area contributed by atoms with Gasteiger partial charge in [0.05, 0.1) is 12.3 Å². The molecule has 0 saturated heterocycles. The zero-order valence-corrected chi connectivity index (χ0v) is 18.5. The molecule has 2 rings (SSSR count). The van der Waals surface area contributed by atoms with Crippen molar-refractivity contribution < 1.29 is 17.9 Å². The molecule has 0 radical (unpaired) electrons. The van der Waals surface area contributed by atoms with Crippen LogP contribution in [0.25, 0.3) is 0 Å². The molecule has 0 unspecified atom stereocenters. The highest BCUT2D eigenvalue weighted by Crippen LogP contribution is 2.20. The van der Waals surface area contributed by atoms with Gasteiger partial charge in [0.2, 0.25) is 10.0 Å². The second kappa shape index (κ2) is 9.89. The third-order valence-electron chi connectivity index (χ3n) is 4.94. The molecule has 1 N–H and O–H groups in total. The lowest BCUT2D eigenvalue weighted by molar-refractivity contribution is -0.123. The molecule has 0 bridgehead atoms. The molecule has 0 saturated carbocycles. The van der Waals surface area contributed by atoms with E-state index in [9.17, 15) is 13.2 Å². The smallest absolute Gasteiger partial charge is 0.258 e. The summed E-state index contributed by atoms with van der Waals surface area (Å²) in [4.78, 5) is 12.3. The predicted molar refractivity (Wildman–Crippen MR) is 115 cm³/mol. The number of carbonyl (C=O) groups excluding carboxylic acids is 1. The summed E-state index contributed by atoms with van der Waals surface area (Å²) in [6.07, 6.45) is 1.96. The first kappa shape index (κ1) is 22.9. The summed E-state index contributed by atoms with van der Waals surface area (Å²) in [7, 11) is -1.69. The zero-order valence-electron chi connectivity index (χ0n) is 17.7. The lowest BCUT2D eigenvalue weighted by Crippen LogP contribution is -2.32. The number of amides is 1. The molecule has 0 aliphatic rings. The molecular formula is C22H30N2O4S. The van der Waals surface area contributed by atoms with Gasteiger partial charge in [-0.25, -0.2) is 12.7 Å². The molecule has 0 spiro atoms. The summed E-state index contributed by atoms with van der Waals surface area (Å²) in [5, 5.41) is 3.02. The molecule has 0 aromatic heterocycles. The van der Waals surface area contributed by atoms with E-state index < -0.39 is 10.0 Å². The lowest BCUT2D eigenvalue weighted by atomic mass is 9.99. The second-order valence-corrected chi connectivity index (χ2v) is 9.41. The van der Waals surface area contributed by atoms with E-state index in [1.54, 1.807) is 24.3 Å². The third-order valence-corrected chi connectivity index (χ3v) is 6.20. The molecule has 29 heavy (non-hydrogen) atoms. The molecule has 2 aromatic carbocycles. The van der Waals surface area contributed by atoms with Crippen LogP contribution in [0.4, 0.5) is 0 Å². The number of nitrogens with one attached hydrogen (secondary N) is 1. The Labute approximate surface area is 173 Å². The van der Waals surface area contributed by atoms with Crippen molar-refractivity contribution in [2.75, 3.05) is 19.9 Å². The van der Waals surface area contributed by atoms with Crippen LogP contribution in [0.5, 0.6) is 5.75 Å². The van der Waals surface area contributed by atoms with Crippen LogP contribution in [0.3, 0.4) is 0 Å². The highest BCUT2D eigenvalue weighted by Gasteiger charge is 2.14. The van der Waals surface area contributed by atoms with Gasteiger partial charge in [-0.15, -0.1) is 0 Å². The third kappa shape index (κ3) is 6.87. The summed E-state index contributed by atoms with van der Waals surface area (Å²) in [6.45, 7) is 6.37. The number of rotatable bonds is 9. The minimum Gasteiger partial charge on any atom is -0.484 e. The van der Waals surface area contributed by atoms with Gasteiger partial charge in [-0.3, -0.25) is 4.79 Å². The Kier molecular flexibility index (Phi) is 7.81. The minimum absolute atomic E-state index is 0.0562. The maximum Gasteiger partial charge on any atom is 0.258 e. The normalized spacial score (nSPS) is 12.6. The number of hydrogen-bond donors (Lipinski definition) is 1. The average molecular weight is 419 g/mol. The zero-order chi connectivity index (χ0) is 21.6. The highest BCUT2D eigenvalue weighted by atomic mass is 32.2. The number of benzene rings is 2. The first-order valence-electron chi connectivity index (χ1n) is 9.59. The molecule has 2 aromatic rings. The summed E-state index contributed by atoms with van der Waals surface area (Å²) in [5.74, 6) is 0.376. The van der Waals surface area contributed by atoms with Crippen molar-refractivity contribution in [1.82, 2.24) is 9.62 Å². The van der Waals surface area contributed by atoms with Crippen LogP contribution in [-0.2, 0) is 21.4 Å². The van der Waals surface area contributed by atoms with Crippen molar-refractivity contribution in [2.45, 2.75) is 39.8 Å². The topological polar surface area (TPSA) is 75.7 Å². The van der Waals surface area contributed by atoms with E-state index in [2.05, 4.69) is 31.3 Å². The molecule has 1 amide bonds. The predicted octanol–water partition coefficient (Wildman–Crippen LogP) is 3.34. The van der Waals surface area contributed by atoms with Gasteiger partial charge in [0, 0.05) is 13.6 Å². The molecular weight excluding hydrogens is 388 g/mol. The van der Waals surface area contributed by atoms with E-state index in [-0.39, 0.29) is 25.1 Å². The molecule has 6 nitrogen and oxygen atoms in total. The minimum atomic E-state index is -3.23. The maximum absolute atomic E-state index is 12.3. The summed E-state index contributed by atoms with van der Waals surface area (Å²) in [5.41, 5.74) is 4.36. The Bertz CT molecular complexity index is 940. The largest absolute Gasteiger partial charge is 0.484 e. The van der Waals surface area contributed by atoms with E-state index in [0.29, 0.717) is 5.75 Å². The van der Waals surface area contributed by atoms with E-state index in [0.717, 1.165) is 17.5 Å². The lowest BCUT2D eigenvalue weighted by Gasteiger charge is -2.19. The van der Waals surface area contributed by atoms with E-state index >= 15 is 0 Å². The van der Waals surface area contributed by atoms with Gasteiger partial charge in [-0.2, -0.15) is 0 Å². The number of sulfonamides is 1. The van der Waals surface area contributed by atoms with Gasteiger partial charge in [-0.05, 0) is 54.7 Å². The Morgan fingerprint density at radius 2 is 1.76 bits per heavy atom. The Balaban J connectivity index is 1.90. The number of ether oxygens (including phenoxy) is 1. The monoisotopic (exact) mass is 418 g/mol. The van der Waals surface area contributed by atoms with Crippen molar-refractivity contribution in [1.29, 1.82) is 0 Å². The Morgan fingerprint density at radius 3 is 2.31 bits per heavy atom. The van der Waals surface area contributed by atoms with Crippen LogP contribution in [0.2, 0.25) is 0 Å². The van der Waals surface area contributed by atoms with Crippen molar-refractivity contribution >= 4 is 15.9 Å². The van der Waals surface area contributed by atoms with E-state index in [1.807, 2.05) is 13.0 Å². The summed E-state index contributed by atoms with van der Waals surface area (Å²) < 4.78 is 29.8. The van der Waals surface area contributed by atoms with E-state index in [4.69, 9.17) is 4.74 Å². The number of nitrogens with zero attached hydrogens (tertiary/aromatic N) is 1. The fourth-order valence-electron chi connectivity index (χ4n) is 2.85. The van der Waals surface area contributed by atoms with Crippen LogP contribution in [-0.4, -0.2) is 38.5 Å².